The Balaban J connectivity index is 1.40. The molecule has 1 aliphatic carbocycles. The fraction of sp³-hybridized carbons (Fsp3) is 0.367. The SMILES string of the molecule is CC1(C)C(=O)N(CC(=O)Nc2ccc3c(c2)CC(C=O)(C2=C(N)NCC=C2)C3)C(c2cc(F)cc(F)c2)CN1S(C)(=O)=O. The van der Waals surface area contributed by atoms with E-state index in [1.807, 2.05) is 18.2 Å². The number of nitrogens with two attached hydrogens (primary N) is 1. The maximum absolute atomic E-state index is 14.2. The maximum Gasteiger partial charge on any atom is 0.244 e. The highest BCUT2D eigenvalue weighted by Gasteiger charge is 2.50. The van der Waals surface area contributed by atoms with Gasteiger partial charge in [0.15, 0.2) is 0 Å². The predicted molar refractivity (Wildman–Crippen MR) is 156 cm³/mol. The number of anilines is 1. The number of amides is 2. The summed E-state index contributed by atoms with van der Waals surface area (Å²) in [5.41, 5.74) is 6.72. The highest BCUT2D eigenvalue weighted by Crippen LogP contribution is 2.43. The molecule has 0 saturated carbocycles. The second-order valence-electron chi connectivity index (χ2n) is 11.8. The molecule has 2 amide bonds. The molecule has 2 aliphatic heterocycles. The lowest BCUT2D eigenvalue weighted by Crippen LogP contribution is -2.65. The zero-order chi connectivity index (χ0) is 31.3. The second kappa shape index (κ2) is 10.9. The van der Waals surface area contributed by atoms with Crippen molar-refractivity contribution >= 4 is 33.8 Å². The van der Waals surface area contributed by atoms with Gasteiger partial charge in [0.25, 0.3) is 0 Å². The van der Waals surface area contributed by atoms with Crippen molar-refractivity contribution in [3.05, 3.63) is 88.3 Å². The van der Waals surface area contributed by atoms with Crippen LogP contribution in [0.4, 0.5) is 14.5 Å². The van der Waals surface area contributed by atoms with E-state index in [1.54, 1.807) is 12.1 Å². The number of nitrogens with one attached hydrogen (secondary N) is 2. The number of carbonyl (C=O) groups is 3. The van der Waals surface area contributed by atoms with Crippen LogP contribution in [-0.4, -0.2) is 67.2 Å². The Morgan fingerprint density at radius 3 is 2.44 bits per heavy atom. The summed E-state index contributed by atoms with van der Waals surface area (Å²) in [6, 6.07) is 6.86. The van der Waals surface area contributed by atoms with Crippen molar-refractivity contribution in [2.75, 3.05) is 31.2 Å². The van der Waals surface area contributed by atoms with Gasteiger partial charge in [-0.3, -0.25) is 9.59 Å². The summed E-state index contributed by atoms with van der Waals surface area (Å²) >= 11 is 0. The number of dihydropyridines is 1. The summed E-state index contributed by atoms with van der Waals surface area (Å²) in [4.78, 5) is 40.5. The van der Waals surface area contributed by atoms with Gasteiger partial charge in [-0.25, -0.2) is 17.2 Å². The molecule has 2 aromatic rings. The number of benzene rings is 2. The molecular formula is C30H33F2N5O5S. The van der Waals surface area contributed by atoms with Crippen LogP contribution in [0.2, 0.25) is 0 Å². The molecule has 13 heteroatoms. The monoisotopic (exact) mass is 613 g/mol. The van der Waals surface area contributed by atoms with Crippen molar-refractivity contribution in [3.63, 3.8) is 0 Å². The zero-order valence-corrected chi connectivity index (χ0v) is 24.8. The van der Waals surface area contributed by atoms with Gasteiger partial charge in [-0.2, -0.15) is 4.31 Å². The van der Waals surface area contributed by atoms with Crippen LogP contribution >= 0.6 is 0 Å². The topological polar surface area (TPSA) is 142 Å². The Hall–Kier alpha value is -4.10. The first kappa shape index (κ1) is 30.4. The first-order chi connectivity index (χ1) is 20.1. The molecule has 3 aliphatic rings. The van der Waals surface area contributed by atoms with Crippen molar-refractivity contribution in [2.24, 2.45) is 11.1 Å². The van der Waals surface area contributed by atoms with E-state index in [2.05, 4.69) is 10.6 Å². The van der Waals surface area contributed by atoms with Gasteiger partial charge in [-0.05, 0) is 67.6 Å². The number of hydrogen-bond acceptors (Lipinski definition) is 7. The van der Waals surface area contributed by atoms with E-state index in [-0.39, 0.29) is 12.1 Å². The third-order valence-corrected chi connectivity index (χ3v) is 9.76. The van der Waals surface area contributed by atoms with Crippen molar-refractivity contribution in [3.8, 4) is 0 Å². The smallest absolute Gasteiger partial charge is 0.244 e. The molecule has 2 aromatic carbocycles. The Kier molecular flexibility index (Phi) is 7.68. The molecule has 2 atom stereocenters. The fourth-order valence-electron chi connectivity index (χ4n) is 6.31. The van der Waals surface area contributed by atoms with E-state index in [4.69, 9.17) is 5.73 Å². The molecule has 0 bridgehead atoms. The number of hydrogen-bond donors (Lipinski definition) is 3. The van der Waals surface area contributed by atoms with Crippen LogP contribution in [0, 0.1) is 17.0 Å². The number of fused-ring (bicyclic) bond motifs is 1. The van der Waals surface area contributed by atoms with Crippen molar-refractivity contribution in [1.82, 2.24) is 14.5 Å². The van der Waals surface area contributed by atoms with Gasteiger partial charge in [-0.15, -0.1) is 0 Å². The maximum atomic E-state index is 14.2. The van der Waals surface area contributed by atoms with Crippen LogP contribution in [0.25, 0.3) is 0 Å². The lowest BCUT2D eigenvalue weighted by atomic mass is 9.77. The van der Waals surface area contributed by atoms with Crippen molar-refractivity contribution in [1.29, 1.82) is 0 Å². The molecule has 0 radical (unpaired) electrons. The Bertz CT molecular complexity index is 1670. The Morgan fingerprint density at radius 2 is 1.81 bits per heavy atom. The van der Waals surface area contributed by atoms with E-state index in [1.165, 1.54) is 13.8 Å². The lowest BCUT2D eigenvalue weighted by molar-refractivity contribution is -0.151. The molecule has 1 fully saturated rings. The average Bonchev–Trinajstić information content (AvgIpc) is 3.29. The molecule has 1 saturated heterocycles. The molecular weight excluding hydrogens is 580 g/mol. The molecule has 5 rings (SSSR count). The minimum atomic E-state index is -3.90. The molecule has 10 nitrogen and oxygen atoms in total. The lowest BCUT2D eigenvalue weighted by Gasteiger charge is -2.48. The number of sulfonamides is 1. The average molecular weight is 614 g/mol. The van der Waals surface area contributed by atoms with Crippen LogP contribution in [0.1, 0.15) is 36.6 Å². The zero-order valence-electron chi connectivity index (χ0n) is 24.0. The number of halogens is 2. The summed E-state index contributed by atoms with van der Waals surface area (Å²) in [7, 11) is -3.90. The summed E-state index contributed by atoms with van der Waals surface area (Å²) in [5.74, 6) is -2.64. The number of aldehydes is 1. The summed E-state index contributed by atoms with van der Waals surface area (Å²) in [6.07, 6.45) is 6.44. The molecule has 0 aromatic heterocycles. The van der Waals surface area contributed by atoms with E-state index in [0.717, 1.165) is 45.0 Å². The van der Waals surface area contributed by atoms with Crippen LogP contribution in [0.3, 0.4) is 0 Å². The minimum Gasteiger partial charge on any atom is -0.385 e. The summed E-state index contributed by atoms with van der Waals surface area (Å²) in [5, 5.41) is 5.83. The molecule has 2 unspecified atom stereocenters. The van der Waals surface area contributed by atoms with Crippen LogP contribution < -0.4 is 16.4 Å². The molecule has 2 heterocycles. The highest BCUT2D eigenvalue weighted by atomic mass is 32.2. The van der Waals surface area contributed by atoms with Crippen LogP contribution in [0.15, 0.2) is 59.9 Å². The third kappa shape index (κ3) is 5.66. The number of allylic oxidation sites excluding steroid dienone is 2. The Morgan fingerprint density at radius 1 is 1.14 bits per heavy atom. The van der Waals surface area contributed by atoms with E-state index >= 15 is 0 Å². The predicted octanol–water partition coefficient (Wildman–Crippen LogP) is 2.14. The van der Waals surface area contributed by atoms with Crippen LogP contribution in [0.5, 0.6) is 0 Å². The van der Waals surface area contributed by atoms with E-state index in [0.29, 0.717) is 42.5 Å². The van der Waals surface area contributed by atoms with Gasteiger partial charge in [0.2, 0.25) is 21.8 Å². The van der Waals surface area contributed by atoms with Gasteiger partial charge < -0.3 is 26.1 Å². The van der Waals surface area contributed by atoms with Gasteiger partial charge >= 0.3 is 0 Å². The van der Waals surface area contributed by atoms with Crippen molar-refractivity contribution < 1.29 is 31.6 Å². The Labute approximate surface area is 248 Å². The minimum absolute atomic E-state index is 0.0189. The van der Waals surface area contributed by atoms with Crippen molar-refractivity contribution in [2.45, 2.75) is 38.3 Å². The van der Waals surface area contributed by atoms with Crippen LogP contribution in [-0.2, 0) is 37.2 Å². The number of nitrogens with zero attached hydrogens (tertiary/aromatic N) is 2. The fourth-order valence-corrected chi connectivity index (χ4v) is 7.63. The second-order valence-corrected chi connectivity index (χ2v) is 13.7. The summed E-state index contributed by atoms with van der Waals surface area (Å²) < 4.78 is 54.5. The quantitative estimate of drug-likeness (QED) is 0.407. The van der Waals surface area contributed by atoms with E-state index in [9.17, 15) is 31.6 Å². The molecule has 4 N–H and O–H groups in total. The normalized spacial score (nSPS) is 23.6. The largest absolute Gasteiger partial charge is 0.385 e. The van der Waals surface area contributed by atoms with E-state index < -0.39 is 57.0 Å². The first-order valence-electron chi connectivity index (χ1n) is 13.7. The van der Waals surface area contributed by atoms with Gasteiger partial charge in [0.05, 0.1) is 17.7 Å². The molecule has 43 heavy (non-hydrogen) atoms. The number of rotatable bonds is 7. The number of piperazine rings is 1. The standard InChI is InChI=1S/C30H33F2N5O5S/c1-29(2)28(40)36(25(15-37(29)43(3,41)42)19-9-21(31)12-22(32)10-19)16-26(39)35-23-7-6-18-13-30(17-38,14-20(18)11-23)24-5-4-8-34-27(24)33/h4-7,9-12,17,25,34H,8,13-16,33H2,1-3H3,(H,35,39). The van der Waals surface area contributed by atoms with Gasteiger partial charge in [0, 0.05) is 30.4 Å². The highest BCUT2D eigenvalue weighted by molar-refractivity contribution is 7.88. The molecule has 228 valence electrons. The van der Waals surface area contributed by atoms with Gasteiger partial charge in [-0.1, -0.05) is 18.2 Å². The third-order valence-electron chi connectivity index (χ3n) is 8.36. The van der Waals surface area contributed by atoms with Gasteiger partial charge in [0.1, 0.15) is 35.8 Å². The number of carbonyl (C=O) groups excluding carboxylic acids is 3. The summed E-state index contributed by atoms with van der Waals surface area (Å²) in [6.45, 7) is 2.61. The first-order valence-corrected chi connectivity index (χ1v) is 15.5. The molecule has 0 spiro atoms.